The number of nitrogens with two attached hydrogens (primary N) is 1. The molecule has 4 aromatic rings. The molecule has 8 heteroatoms. The predicted molar refractivity (Wildman–Crippen MR) is 117 cm³/mol. The number of benzene rings is 1. The van der Waals surface area contributed by atoms with Gasteiger partial charge in [-0.15, -0.1) is 11.3 Å². The summed E-state index contributed by atoms with van der Waals surface area (Å²) >= 11 is 1.40. The molecule has 0 unspecified atom stereocenters. The molecule has 1 aromatic carbocycles. The Bertz CT molecular complexity index is 1130. The fourth-order valence-electron chi connectivity index (χ4n) is 3.23. The van der Waals surface area contributed by atoms with Crippen LogP contribution in [0.4, 0.5) is 5.95 Å². The van der Waals surface area contributed by atoms with Crippen molar-refractivity contribution in [1.29, 1.82) is 0 Å². The van der Waals surface area contributed by atoms with Crippen molar-refractivity contribution in [2.75, 3.05) is 18.9 Å². The average molecular weight is 407 g/mol. The van der Waals surface area contributed by atoms with E-state index in [1.807, 2.05) is 42.6 Å². The number of carbonyl (C=O) groups is 1. The standard InChI is InChI=1S/C21H22N6OS/c1-23-21-24-9-8-17(27-21)18-6-7-19(29-18)20(28)26-14(11-22)10-13-12-25-16-5-3-2-4-15(13)16/h2-9,12,14,25H,10-11,22H2,1H3,(H,26,28)(H,23,24,27)/t14-/m0/s1. The van der Waals surface area contributed by atoms with Crippen LogP contribution in [0.5, 0.6) is 0 Å². The van der Waals surface area contributed by atoms with Gasteiger partial charge >= 0.3 is 0 Å². The maximum absolute atomic E-state index is 12.8. The lowest BCUT2D eigenvalue weighted by Crippen LogP contribution is -2.41. The lowest BCUT2D eigenvalue weighted by molar-refractivity contribution is 0.0942. The Labute approximate surface area is 172 Å². The molecule has 3 aromatic heterocycles. The number of carbonyl (C=O) groups excluding carboxylic acids is 1. The molecule has 5 N–H and O–H groups in total. The lowest BCUT2D eigenvalue weighted by Gasteiger charge is -2.16. The number of amides is 1. The Morgan fingerprint density at radius 1 is 1.24 bits per heavy atom. The van der Waals surface area contributed by atoms with Crippen molar-refractivity contribution in [3.05, 3.63) is 65.3 Å². The quantitative estimate of drug-likeness (QED) is 0.377. The fourth-order valence-corrected chi connectivity index (χ4v) is 4.11. The van der Waals surface area contributed by atoms with Crippen LogP contribution in [-0.4, -0.2) is 40.5 Å². The Hall–Kier alpha value is -3.23. The molecule has 0 saturated heterocycles. The van der Waals surface area contributed by atoms with Gasteiger partial charge in [-0.3, -0.25) is 4.79 Å². The van der Waals surface area contributed by atoms with Crippen LogP contribution >= 0.6 is 11.3 Å². The average Bonchev–Trinajstić information content (AvgIpc) is 3.41. The van der Waals surface area contributed by atoms with E-state index in [0.29, 0.717) is 23.8 Å². The summed E-state index contributed by atoms with van der Waals surface area (Å²) in [6.45, 7) is 0.362. The number of H-pyrrole nitrogens is 1. The van der Waals surface area contributed by atoms with E-state index in [4.69, 9.17) is 5.73 Å². The van der Waals surface area contributed by atoms with Gasteiger partial charge in [-0.05, 0) is 36.2 Å². The fraction of sp³-hybridized carbons (Fsp3) is 0.190. The van der Waals surface area contributed by atoms with Gasteiger partial charge in [-0.1, -0.05) is 18.2 Å². The largest absolute Gasteiger partial charge is 0.361 e. The van der Waals surface area contributed by atoms with Crippen LogP contribution in [0.2, 0.25) is 0 Å². The summed E-state index contributed by atoms with van der Waals surface area (Å²) < 4.78 is 0. The van der Waals surface area contributed by atoms with Crippen LogP contribution in [-0.2, 0) is 6.42 Å². The summed E-state index contributed by atoms with van der Waals surface area (Å²) in [6.07, 6.45) is 4.35. The van der Waals surface area contributed by atoms with E-state index in [9.17, 15) is 4.79 Å². The van der Waals surface area contributed by atoms with Gasteiger partial charge in [0.15, 0.2) is 0 Å². The summed E-state index contributed by atoms with van der Waals surface area (Å²) in [5, 5.41) is 7.14. The molecule has 1 amide bonds. The van der Waals surface area contributed by atoms with Crippen LogP contribution in [0.1, 0.15) is 15.2 Å². The molecule has 4 rings (SSSR count). The molecule has 0 aliphatic rings. The first kappa shape index (κ1) is 19.1. The highest BCUT2D eigenvalue weighted by molar-refractivity contribution is 7.17. The SMILES string of the molecule is CNc1nccc(-c2ccc(C(=O)N[C@H](CN)Cc3c[nH]c4ccccc34)s2)n1. The van der Waals surface area contributed by atoms with Gasteiger partial charge in [0, 0.05) is 42.9 Å². The van der Waals surface area contributed by atoms with E-state index < -0.39 is 0 Å². The van der Waals surface area contributed by atoms with Gasteiger partial charge in [0.1, 0.15) is 0 Å². The van der Waals surface area contributed by atoms with Crippen LogP contribution in [0.3, 0.4) is 0 Å². The molecule has 0 aliphatic carbocycles. The molecule has 7 nitrogen and oxygen atoms in total. The van der Waals surface area contributed by atoms with Gasteiger partial charge in [-0.25, -0.2) is 9.97 Å². The zero-order valence-corrected chi connectivity index (χ0v) is 16.8. The minimum absolute atomic E-state index is 0.126. The van der Waals surface area contributed by atoms with Crippen molar-refractivity contribution in [3.8, 4) is 10.6 Å². The molecule has 1 atom stereocenters. The van der Waals surface area contributed by atoms with E-state index >= 15 is 0 Å². The molecular formula is C21H22N6OS. The van der Waals surface area contributed by atoms with Gasteiger partial charge in [0.2, 0.25) is 5.95 Å². The van der Waals surface area contributed by atoms with Gasteiger partial charge in [0.05, 0.1) is 15.4 Å². The van der Waals surface area contributed by atoms with E-state index in [1.54, 1.807) is 13.2 Å². The molecule has 0 fully saturated rings. The number of nitrogens with zero attached hydrogens (tertiary/aromatic N) is 2. The molecular weight excluding hydrogens is 384 g/mol. The molecule has 0 saturated carbocycles. The van der Waals surface area contributed by atoms with Crippen LogP contribution in [0, 0.1) is 0 Å². The highest BCUT2D eigenvalue weighted by atomic mass is 32.1. The normalized spacial score (nSPS) is 12.1. The van der Waals surface area contributed by atoms with Crippen molar-refractivity contribution in [2.45, 2.75) is 12.5 Å². The Morgan fingerprint density at radius 2 is 2.10 bits per heavy atom. The molecule has 0 radical (unpaired) electrons. The maximum Gasteiger partial charge on any atom is 0.261 e. The van der Waals surface area contributed by atoms with Gasteiger partial charge in [0.25, 0.3) is 5.91 Å². The van der Waals surface area contributed by atoms with Crippen molar-refractivity contribution in [1.82, 2.24) is 20.3 Å². The Morgan fingerprint density at radius 3 is 2.93 bits per heavy atom. The summed E-state index contributed by atoms with van der Waals surface area (Å²) in [6, 6.07) is 13.5. The highest BCUT2D eigenvalue weighted by Gasteiger charge is 2.17. The first-order valence-corrected chi connectivity index (χ1v) is 10.2. The number of rotatable bonds is 7. The minimum atomic E-state index is -0.151. The van der Waals surface area contributed by atoms with Gasteiger partial charge in [-0.2, -0.15) is 0 Å². The number of hydrogen-bond donors (Lipinski definition) is 4. The van der Waals surface area contributed by atoms with Crippen molar-refractivity contribution in [2.24, 2.45) is 5.73 Å². The van der Waals surface area contributed by atoms with E-state index in [1.165, 1.54) is 11.3 Å². The second kappa shape index (κ2) is 8.42. The number of anilines is 1. The number of aromatic nitrogens is 3. The van der Waals surface area contributed by atoms with Crippen LogP contribution < -0.4 is 16.4 Å². The number of hydrogen-bond acceptors (Lipinski definition) is 6. The zero-order valence-electron chi connectivity index (χ0n) is 16.0. The summed E-state index contributed by atoms with van der Waals surface area (Å²) in [5.41, 5.74) is 8.95. The first-order chi connectivity index (χ1) is 14.2. The Kier molecular flexibility index (Phi) is 5.55. The monoisotopic (exact) mass is 406 g/mol. The minimum Gasteiger partial charge on any atom is -0.361 e. The number of thiophene rings is 1. The molecule has 148 valence electrons. The lowest BCUT2D eigenvalue weighted by atomic mass is 10.0. The maximum atomic E-state index is 12.8. The third-order valence-electron chi connectivity index (χ3n) is 4.72. The second-order valence-electron chi connectivity index (χ2n) is 6.65. The van der Waals surface area contributed by atoms with Crippen molar-refractivity contribution >= 4 is 34.1 Å². The van der Waals surface area contributed by atoms with E-state index in [0.717, 1.165) is 27.0 Å². The number of fused-ring (bicyclic) bond motifs is 1. The predicted octanol–water partition coefficient (Wildman–Crippen LogP) is 3.03. The number of aromatic amines is 1. The van der Waals surface area contributed by atoms with Crippen LogP contribution in [0.15, 0.2) is 54.9 Å². The second-order valence-corrected chi connectivity index (χ2v) is 7.73. The Balaban J connectivity index is 1.47. The van der Waals surface area contributed by atoms with Crippen LogP contribution in [0.25, 0.3) is 21.5 Å². The first-order valence-electron chi connectivity index (χ1n) is 9.35. The summed E-state index contributed by atoms with van der Waals surface area (Å²) in [7, 11) is 1.77. The van der Waals surface area contributed by atoms with E-state index in [2.05, 4.69) is 31.7 Å². The third kappa shape index (κ3) is 4.13. The molecule has 29 heavy (non-hydrogen) atoms. The van der Waals surface area contributed by atoms with Crippen molar-refractivity contribution in [3.63, 3.8) is 0 Å². The number of nitrogens with one attached hydrogen (secondary N) is 3. The zero-order chi connectivity index (χ0) is 20.2. The topological polar surface area (TPSA) is 109 Å². The molecule has 0 aliphatic heterocycles. The molecule has 0 bridgehead atoms. The third-order valence-corrected chi connectivity index (χ3v) is 5.83. The van der Waals surface area contributed by atoms with Gasteiger partial charge < -0.3 is 21.4 Å². The smallest absolute Gasteiger partial charge is 0.261 e. The summed E-state index contributed by atoms with van der Waals surface area (Å²) in [5.74, 6) is 0.420. The summed E-state index contributed by atoms with van der Waals surface area (Å²) in [4.78, 5) is 26.1. The molecule has 0 spiro atoms. The van der Waals surface area contributed by atoms with E-state index in [-0.39, 0.29) is 11.9 Å². The number of para-hydroxylation sites is 1. The molecule has 3 heterocycles. The van der Waals surface area contributed by atoms with Crippen molar-refractivity contribution < 1.29 is 4.79 Å². The highest BCUT2D eigenvalue weighted by Crippen LogP contribution is 2.27.